The van der Waals surface area contributed by atoms with Crippen molar-refractivity contribution in [3.63, 3.8) is 0 Å². The summed E-state index contributed by atoms with van der Waals surface area (Å²) in [5.41, 5.74) is 0. The summed E-state index contributed by atoms with van der Waals surface area (Å²) in [5.74, 6) is 1.68. The number of nitrogens with one attached hydrogen (secondary N) is 1. The maximum absolute atomic E-state index is 3.52. The van der Waals surface area contributed by atoms with E-state index in [2.05, 4.69) is 33.0 Å². The van der Waals surface area contributed by atoms with Gasteiger partial charge in [-0.3, -0.25) is 0 Å². The summed E-state index contributed by atoms with van der Waals surface area (Å²) in [7, 11) is 0. The van der Waals surface area contributed by atoms with Crippen LogP contribution in [0.1, 0.15) is 47.0 Å². The average Bonchev–Trinajstić information content (AvgIpc) is 2.02. The third kappa shape index (κ3) is 6.66. The molecule has 0 aliphatic rings. The third-order valence-corrected chi connectivity index (χ3v) is 2.26. The van der Waals surface area contributed by atoms with Crippen molar-refractivity contribution in [1.82, 2.24) is 5.32 Å². The molecule has 0 fully saturated rings. The fourth-order valence-electron chi connectivity index (χ4n) is 1.43. The number of hydrogen-bond acceptors (Lipinski definition) is 1. The van der Waals surface area contributed by atoms with Gasteiger partial charge in [0.2, 0.25) is 0 Å². The zero-order valence-corrected chi connectivity index (χ0v) is 9.19. The lowest BCUT2D eigenvalue weighted by molar-refractivity contribution is 0.413. The minimum absolute atomic E-state index is 0.782. The summed E-state index contributed by atoms with van der Waals surface area (Å²) >= 11 is 0. The Bertz CT molecular complexity index is 89.0. The smallest absolute Gasteiger partial charge is 0.00205 e. The van der Waals surface area contributed by atoms with Crippen LogP contribution in [0.15, 0.2) is 0 Å². The van der Waals surface area contributed by atoms with Crippen LogP contribution in [-0.4, -0.2) is 13.1 Å². The van der Waals surface area contributed by atoms with E-state index in [4.69, 9.17) is 0 Å². The lowest BCUT2D eigenvalue weighted by Crippen LogP contribution is -2.26. The summed E-state index contributed by atoms with van der Waals surface area (Å²) in [6.07, 6.45) is 4.02. The molecule has 1 heteroatoms. The van der Waals surface area contributed by atoms with Gasteiger partial charge >= 0.3 is 0 Å². The van der Waals surface area contributed by atoms with Crippen LogP contribution in [0, 0.1) is 11.8 Å². The van der Waals surface area contributed by atoms with Crippen LogP contribution in [0.25, 0.3) is 0 Å². The molecule has 1 N–H and O–H groups in total. The van der Waals surface area contributed by atoms with Crippen molar-refractivity contribution in [3.05, 3.63) is 0 Å². The molecule has 0 aromatic carbocycles. The highest BCUT2D eigenvalue weighted by Crippen LogP contribution is 2.08. The van der Waals surface area contributed by atoms with Crippen LogP contribution in [0.3, 0.4) is 0 Å². The van der Waals surface area contributed by atoms with Crippen LogP contribution in [0.2, 0.25) is 0 Å². The molecular weight excluding hydrogens is 146 g/mol. The van der Waals surface area contributed by atoms with E-state index >= 15 is 0 Å². The molecule has 0 aromatic rings. The number of hydrogen-bond donors (Lipinski definition) is 1. The molecule has 0 radical (unpaired) electrons. The second-order valence-corrected chi connectivity index (χ2v) is 4.12. The van der Waals surface area contributed by atoms with Crippen molar-refractivity contribution in [2.75, 3.05) is 13.1 Å². The van der Waals surface area contributed by atoms with Gasteiger partial charge in [-0.25, -0.2) is 0 Å². The second-order valence-electron chi connectivity index (χ2n) is 4.12. The molecule has 0 bridgehead atoms. The van der Waals surface area contributed by atoms with Gasteiger partial charge in [0.25, 0.3) is 0 Å². The van der Waals surface area contributed by atoms with Gasteiger partial charge in [-0.05, 0) is 31.3 Å². The second kappa shape index (κ2) is 7.60. The Kier molecular flexibility index (Phi) is 7.58. The SMILES string of the molecule is CCCC(CC)CNCC(C)C. The summed E-state index contributed by atoms with van der Waals surface area (Å²) in [4.78, 5) is 0. The van der Waals surface area contributed by atoms with Crippen molar-refractivity contribution in [1.29, 1.82) is 0 Å². The molecule has 0 aliphatic carbocycles. The van der Waals surface area contributed by atoms with Gasteiger partial charge in [-0.15, -0.1) is 0 Å². The molecule has 0 amide bonds. The molecule has 0 aliphatic heterocycles. The van der Waals surface area contributed by atoms with E-state index in [1.54, 1.807) is 0 Å². The van der Waals surface area contributed by atoms with Gasteiger partial charge in [0.05, 0.1) is 0 Å². The Labute approximate surface area is 77.9 Å². The molecule has 1 nitrogen and oxygen atoms in total. The minimum atomic E-state index is 0.782. The first-order valence-corrected chi connectivity index (χ1v) is 5.41. The fourth-order valence-corrected chi connectivity index (χ4v) is 1.43. The third-order valence-electron chi connectivity index (χ3n) is 2.26. The molecule has 0 heterocycles. The predicted molar refractivity (Wildman–Crippen MR) is 56.4 cm³/mol. The fraction of sp³-hybridized carbons (Fsp3) is 1.00. The molecule has 0 spiro atoms. The molecule has 0 saturated carbocycles. The Morgan fingerprint density at radius 3 is 2.17 bits per heavy atom. The van der Waals surface area contributed by atoms with Crippen LogP contribution in [0.4, 0.5) is 0 Å². The lowest BCUT2D eigenvalue weighted by Gasteiger charge is -2.15. The summed E-state index contributed by atoms with van der Waals surface area (Å²) in [5, 5.41) is 3.52. The summed E-state index contributed by atoms with van der Waals surface area (Å²) in [6, 6.07) is 0. The Morgan fingerprint density at radius 2 is 1.75 bits per heavy atom. The van der Waals surface area contributed by atoms with Gasteiger partial charge in [0.1, 0.15) is 0 Å². The number of rotatable bonds is 7. The van der Waals surface area contributed by atoms with Crippen LogP contribution < -0.4 is 5.32 Å². The molecular formula is C11H25N. The molecule has 1 unspecified atom stereocenters. The molecule has 0 saturated heterocycles. The predicted octanol–water partition coefficient (Wildman–Crippen LogP) is 3.06. The van der Waals surface area contributed by atoms with Gasteiger partial charge in [0, 0.05) is 0 Å². The van der Waals surface area contributed by atoms with E-state index < -0.39 is 0 Å². The zero-order valence-electron chi connectivity index (χ0n) is 9.19. The highest BCUT2D eigenvalue weighted by Gasteiger charge is 2.03. The summed E-state index contributed by atoms with van der Waals surface area (Å²) in [6.45, 7) is 11.5. The largest absolute Gasteiger partial charge is 0.316 e. The van der Waals surface area contributed by atoms with Gasteiger partial charge in [0.15, 0.2) is 0 Å². The monoisotopic (exact) mass is 171 g/mol. The summed E-state index contributed by atoms with van der Waals surface area (Å²) < 4.78 is 0. The molecule has 74 valence electrons. The van der Waals surface area contributed by atoms with Crippen LogP contribution in [0.5, 0.6) is 0 Å². The topological polar surface area (TPSA) is 12.0 Å². The van der Waals surface area contributed by atoms with Crippen molar-refractivity contribution >= 4 is 0 Å². The molecule has 12 heavy (non-hydrogen) atoms. The maximum Gasteiger partial charge on any atom is -0.00205 e. The van der Waals surface area contributed by atoms with E-state index in [1.165, 1.54) is 32.4 Å². The molecule has 1 atom stereocenters. The van der Waals surface area contributed by atoms with Crippen molar-refractivity contribution < 1.29 is 0 Å². The first-order valence-electron chi connectivity index (χ1n) is 5.41. The Morgan fingerprint density at radius 1 is 1.08 bits per heavy atom. The van der Waals surface area contributed by atoms with Gasteiger partial charge in [-0.1, -0.05) is 40.5 Å². The Hall–Kier alpha value is -0.0400. The van der Waals surface area contributed by atoms with E-state index in [9.17, 15) is 0 Å². The lowest BCUT2D eigenvalue weighted by atomic mass is 10.0. The minimum Gasteiger partial charge on any atom is -0.316 e. The average molecular weight is 171 g/mol. The standard InChI is InChI=1S/C11H25N/c1-5-7-11(6-2)9-12-8-10(3)4/h10-12H,5-9H2,1-4H3. The van der Waals surface area contributed by atoms with E-state index in [0.717, 1.165) is 11.8 Å². The van der Waals surface area contributed by atoms with Gasteiger partial charge < -0.3 is 5.32 Å². The molecule has 0 aromatic heterocycles. The maximum atomic E-state index is 3.52. The van der Waals surface area contributed by atoms with E-state index in [1.807, 2.05) is 0 Å². The van der Waals surface area contributed by atoms with Crippen LogP contribution in [-0.2, 0) is 0 Å². The Balaban J connectivity index is 3.31. The van der Waals surface area contributed by atoms with E-state index in [0.29, 0.717) is 0 Å². The first kappa shape index (κ1) is 12.0. The van der Waals surface area contributed by atoms with E-state index in [-0.39, 0.29) is 0 Å². The highest BCUT2D eigenvalue weighted by molar-refractivity contribution is 4.60. The van der Waals surface area contributed by atoms with Gasteiger partial charge in [-0.2, -0.15) is 0 Å². The van der Waals surface area contributed by atoms with Crippen LogP contribution >= 0.6 is 0 Å². The first-order chi connectivity index (χ1) is 5.70. The van der Waals surface area contributed by atoms with Crippen molar-refractivity contribution in [3.8, 4) is 0 Å². The van der Waals surface area contributed by atoms with Crippen molar-refractivity contribution in [2.45, 2.75) is 47.0 Å². The zero-order chi connectivity index (χ0) is 9.40. The molecule has 0 rings (SSSR count). The normalized spacial score (nSPS) is 13.8. The quantitative estimate of drug-likeness (QED) is 0.621. The highest BCUT2D eigenvalue weighted by atomic mass is 14.9. The van der Waals surface area contributed by atoms with Crippen molar-refractivity contribution in [2.24, 2.45) is 11.8 Å².